The normalized spacial score (nSPS) is 11.4. The zero-order valence-corrected chi connectivity index (χ0v) is 14.9. The predicted octanol–water partition coefficient (Wildman–Crippen LogP) is 3.72. The van der Waals surface area contributed by atoms with Gasteiger partial charge < -0.3 is 0 Å². The molecule has 0 atom stereocenters. The first-order chi connectivity index (χ1) is 11.5. The number of nitrogens with one attached hydrogen (secondary N) is 1. The maximum Gasteiger partial charge on any atom is 0.238 e. The third-order valence-corrected chi connectivity index (χ3v) is 5.62. The van der Waals surface area contributed by atoms with E-state index >= 15 is 0 Å². The zero-order valence-electron chi connectivity index (χ0n) is 12.5. The molecule has 1 aromatic heterocycles. The smallest absolute Gasteiger partial charge is 0.238 e. The van der Waals surface area contributed by atoms with Crippen molar-refractivity contribution in [2.24, 2.45) is 0 Å². The summed E-state index contributed by atoms with van der Waals surface area (Å²) < 4.78 is 26.9. The Labute approximate surface area is 149 Å². The molecule has 0 aliphatic rings. The van der Waals surface area contributed by atoms with E-state index in [0.717, 1.165) is 16.1 Å². The molecule has 0 aliphatic carbocycles. The zero-order chi connectivity index (χ0) is 17.0. The number of benzene rings is 2. The maximum absolute atomic E-state index is 12.2. The highest BCUT2D eigenvalue weighted by Gasteiger charge is 2.15. The van der Waals surface area contributed by atoms with Gasteiger partial charge in [-0.3, -0.25) is 4.72 Å². The third kappa shape index (κ3) is 4.77. The van der Waals surface area contributed by atoms with Gasteiger partial charge in [0.1, 0.15) is 5.01 Å². The van der Waals surface area contributed by atoms with Crippen LogP contribution in [0.3, 0.4) is 0 Å². The van der Waals surface area contributed by atoms with Crippen molar-refractivity contribution in [3.63, 3.8) is 0 Å². The average Bonchev–Trinajstić information content (AvgIpc) is 2.96. The molecule has 3 rings (SSSR count). The summed E-state index contributed by atoms with van der Waals surface area (Å²) in [5.41, 5.74) is 1.75. The van der Waals surface area contributed by atoms with E-state index in [4.69, 9.17) is 11.6 Å². The quantitative estimate of drug-likeness (QED) is 0.708. The Morgan fingerprint density at radius 3 is 2.38 bits per heavy atom. The predicted molar refractivity (Wildman–Crippen MR) is 96.9 cm³/mol. The maximum atomic E-state index is 12.2. The van der Waals surface area contributed by atoms with E-state index in [1.807, 2.05) is 18.2 Å². The number of hydrogen-bond acceptors (Lipinski definition) is 5. The van der Waals surface area contributed by atoms with E-state index in [9.17, 15) is 8.42 Å². The summed E-state index contributed by atoms with van der Waals surface area (Å²) in [5.74, 6) is -0.0973. The van der Waals surface area contributed by atoms with Crippen molar-refractivity contribution in [3.05, 3.63) is 75.8 Å². The highest BCUT2D eigenvalue weighted by atomic mass is 35.5. The fourth-order valence-corrected chi connectivity index (χ4v) is 4.42. The summed E-state index contributed by atoms with van der Waals surface area (Å²) in [6.45, 7) is 0. The van der Waals surface area contributed by atoms with E-state index in [1.54, 1.807) is 36.4 Å². The average molecular weight is 380 g/mol. The van der Waals surface area contributed by atoms with Gasteiger partial charge in [0.05, 0.1) is 5.75 Å². The van der Waals surface area contributed by atoms with Gasteiger partial charge >= 0.3 is 0 Å². The van der Waals surface area contributed by atoms with Crippen molar-refractivity contribution in [3.8, 4) is 0 Å². The molecule has 24 heavy (non-hydrogen) atoms. The Hall–Kier alpha value is -1.96. The Balaban J connectivity index is 1.66. The molecule has 1 heterocycles. The van der Waals surface area contributed by atoms with Gasteiger partial charge in [-0.05, 0) is 23.3 Å². The Kier molecular flexibility index (Phi) is 5.13. The first-order valence-electron chi connectivity index (χ1n) is 7.11. The van der Waals surface area contributed by atoms with Gasteiger partial charge in [-0.15, -0.1) is 10.2 Å². The second-order valence-electron chi connectivity index (χ2n) is 5.15. The van der Waals surface area contributed by atoms with Crippen molar-refractivity contribution >= 4 is 38.1 Å². The molecule has 0 saturated carbocycles. The lowest BCUT2D eigenvalue weighted by atomic mass is 10.2. The molecule has 0 saturated heterocycles. The molecule has 0 aliphatic heterocycles. The van der Waals surface area contributed by atoms with Crippen molar-refractivity contribution in [2.45, 2.75) is 12.2 Å². The molecule has 0 radical (unpaired) electrons. The standard InChI is InChI=1S/C16H14ClN3O2S2/c17-14-8-6-12(7-9-14)10-15-18-19-16(23-15)20-24(21,22)11-13-4-2-1-3-5-13/h1-9H,10-11H2,(H,19,20). The number of aromatic nitrogens is 2. The SMILES string of the molecule is O=S(=O)(Cc1ccccc1)Nc1nnc(Cc2ccc(Cl)cc2)s1. The minimum Gasteiger partial charge on any atom is -0.257 e. The van der Waals surface area contributed by atoms with Gasteiger partial charge in [0.2, 0.25) is 15.2 Å². The van der Waals surface area contributed by atoms with Crippen LogP contribution in [0, 0.1) is 0 Å². The van der Waals surface area contributed by atoms with Gasteiger partial charge in [0, 0.05) is 11.4 Å². The third-order valence-electron chi connectivity index (χ3n) is 3.18. The lowest BCUT2D eigenvalue weighted by molar-refractivity contribution is 0.600. The highest BCUT2D eigenvalue weighted by Crippen LogP contribution is 2.21. The van der Waals surface area contributed by atoms with Crippen molar-refractivity contribution in [1.82, 2.24) is 10.2 Å². The van der Waals surface area contributed by atoms with Crippen LogP contribution in [0.5, 0.6) is 0 Å². The van der Waals surface area contributed by atoms with Crippen LogP contribution in [0.25, 0.3) is 0 Å². The number of anilines is 1. The first-order valence-corrected chi connectivity index (χ1v) is 9.96. The van der Waals surface area contributed by atoms with Crippen molar-refractivity contribution in [2.75, 3.05) is 4.72 Å². The van der Waals surface area contributed by atoms with E-state index in [-0.39, 0.29) is 10.9 Å². The molecule has 8 heteroatoms. The van der Waals surface area contributed by atoms with E-state index in [1.165, 1.54) is 11.3 Å². The summed E-state index contributed by atoms with van der Waals surface area (Å²) in [6.07, 6.45) is 0.579. The molecule has 0 amide bonds. The molecule has 124 valence electrons. The second-order valence-corrected chi connectivity index (χ2v) is 8.37. The molecule has 2 aromatic carbocycles. The summed E-state index contributed by atoms with van der Waals surface area (Å²) in [4.78, 5) is 0. The topological polar surface area (TPSA) is 72.0 Å². The van der Waals surface area contributed by atoms with Crippen LogP contribution in [0.1, 0.15) is 16.1 Å². The molecule has 1 N–H and O–H groups in total. The van der Waals surface area contributed by atoms with Gasteiger partial charge in [-0.25, -0.2) is 8.42 Å². The molecule has 0 unspecified atom stereocenters. The van der Waals surface area contributed by atoms with Crippen molar-refractivity contribution in [1.29, 1.82) is 0 Å². The van der Waals surface area contributed by atoms with Crippen LogP contribution in [0.4, 0.5) is 5.13 Å². The lowest BCUT2D eigenvalue weighted by Gasteiger charge is -2.04. The number of hydrogen-bond donors (Lipinski definition) is 1. The number of halogens is 1. The fraction of sp³-hybridized carbons (Fsp3) is 0.125. The Morgan fingerprint density at radius 2 is 1.67 bits per heavy atom. The molecule has 0 fully saturated rings. The van der Waals surface area contributed by atoms with Gasteiger partial charge in [0.25, 0.3) is 0 Å². The minimum atomic E-state index is -3.51. The summed E-state index contributed by atoms with van der Waals surface area (Å²) in [6, 6.07) is 16.4. The van der Waals surface area contributed by atoms with E-state index < -0.39 is 10.0 Å². The molecule has 0 bridgehead atoms. The van der Waals surface area contributed by atoms with Crippen LogP contribution < -0.4 is 4.72 Å². The fourth-order valence-electron chi connectivity index (χ4n) is 2.11. The van der Waals surface area contributed by atoms with E-state index in [2.05, 4.69) is 14.9 Å². The van der Waals surface area contributed by atoms with E-state index in [0.29, 0.717) is 11.4 Å². The van der Waals surface area contributed by atoms with Crippen LogP contribution in [0.15, 0.2) is 54.6 Å². The molecule has 0 spiro atoms. The minimum absolute atomic E-state index is 0.0973. The van der Waals surface area contributed by atoms with Crippen LogP contribution >= 0.6 is 22.9 Å². The van der Waals surface area contributed by atoms with Crippen LogP contribution in [0.2, 0.25) is 5.02 Å². The molecule has 3 aromatic rings. The Morgan fingerprint density at radius 1 is 0.958 bits per heavy atom. The first kappa shape index (κ1) is 16.9. The molecule has 5 nitrogen and oxygen atoms in total. The van der Waals surface area contributed by atoms with Gasteiger partial charge in [0.15, 0.2) is 0 Å². The summed E-state index contributed by atoms with van der Waals surface area (Å²) in [5, 5.41) is 9.62. The van der Waals surface area contributed by atoms with Gasteiger partial charge in [-0.2, -0.15) is 0 Å². The number of rotatable bonds is 6. The van der Waals surface area contributed by atoms with Gasteiger partial charge in [-0.1, -0.05) is 65.4 Å². The summed E-state index contributed by atoms with van der Waals surface area (Å²) in [7, 11) is -3.51. The molecular weight excluding hydrogens is 366 g/mol. The van der Waals surface area contributed by atoms with Crippen molar-refractivity contribution < 1.29 is 8.42 Å². The second kappa shape index (κ2) is 7.29. The number of sulfonamides is 1. The highest BCUT2D eigenvalue weighted by molar-refractivity contribution is 7.92. The lowest BCUT2D eigenvalue weighted by Crippen LogP contribution is -2.14. The monoisotopic (exact) mass is 379 g/mol. The Bertz CT molecular complexity index is 910. The number of nitrogens with zero attached hydrogens (tertiary/aromatic N) is 2. The molecular formula is C16H14ClN3O2S2. The largest absolute Gasteiger partial charge is 0.257 e. The van der Waals surface area contributed by atoms with Crippen LogP contribution in [-0.2, 0) is 22.2 Å². The summed E-state index contributed by atoms with van der Waals surface area (Å²) >= 11 is 7.08. The van der Waals surface area contributed by atoms with Crippen LogP contribution in [-0.4, -0.2) is 18.6 Å².